The zero-order chi connectivity index (χ0) is 20.1. The molecule has 0 aliphatic heterocycles. The molecule has 1 amide bonds. The van der Waals surface area contributed by atoms with Crippen LogP contribution in [0.3, 0.4) is 0 Å². The molecule has 2 aromatic rings. The summed E-state index contributed by atoms with van der Waals surface area (Å²) in [6.45, 7) is 0.366. The predicted molar refractivity (Wildman–Crippen MR) is 96.3 cm³/mol. The Bertz CT molecular complexity index is 968. The number of hydrogen-bond donors (Lipinski definition) is 2. The summed E-state index contributed by atoms with van der Waals surface area (Å²) in [5, 5.41) is 11.6. The Morgan fingerprint density at radius 2 is 2.11 bits per heavy atom. The number of aryl methyl sites for hydroxylation is 1. The molecule has 0 spiro atoms. The number of nitrogens with zero attached hydrogens (tertiary/aromatic N) is 1. The second-order valence-corrected chi connectivity index (χ2v) is 6.15. The number of benzene rings is 1. The molecule has 6 nitrogen and oxygen atoms in total. The van der Waals surface area contributed by atoms with Gasteiger partial charge in [-0.15, -0.1) is 0 Å². The van der Waals surface area contributed by atoms with Crippen LogP contribution in [-0.4, -0.2) is 17.5 Å². The van der Waals surface area contributed by atoms with E-state index in [1.165, 1.54) is 18.2 Å². The molecule has 2 rings (SSSR count). The standard InChI is InChI=1S/C18H16ClF2N3O3/c1-9-12(10(2)23-17(26)13(9)8-22)4-6-16(25)24-11-3-5-15(14(19)7-11)27-18(20)21/h3,5,7,18H,4,6H2,1-2H3,(H,23,26)(H,24,25). The lowest BCUT2D eigenvalue weighted by atomic mass is 9.99. The molecule has 1 heterocycles. The molecule has 0 fully saturated rings. The highest BCUT2D eigenvalue weighted by molar-refractivity contribution is 6.32. The lowest BCUT2D eigenvalue weighted by Gasteiger charge is -2.12. The monoisotopic (exact) mass is 395 g/mol. The predicted octanol–water partition coefficient (Wildman–Crippen LogP) is 3.69. The largest absolute Gasteiger partial charge is 0.433 e. The third-order valence-electron chi connectivity index (χ3n) is 3.95. The second-order valence-electron chi connectivity index (χ2n) is 5.74. The average Bonchev–Trinajstić information content (AvgIpc) is 2.57. The van der Waals surface area contributed by atoms with Gasteiger partial charge in [-0.1, -0.05) is 11.6 Å². The van der Waals surface area contributed by atoms with Crippen LogP contribution in [-0.2, 0) is 11.2 Å². The molecule has 0 atom stereocenters. The molecule has 1 aromatic carbocycles. The smallest absolute Gasteiger partial charge is 0.387 e. The quantitative estimate of drug-likeness (QED) is 0.779. The minimum Gasteiger partial charge on any atom is -0.433 e. The molecule has 27 heavy (non-hydrogen) atoms. The van der Waals surface area contributed by atoms with Gasteiger partial charge in [0.05, 0.1) is 5.02 Å². The lowest BCUT2D eigenvalue weighted by Crippen LogP contribution is -2.18. The molecule has 0 unspecified atom stereocenters. The van der Waals surface area contributed by atoms with Crippen LogP contribution >= 0.6 is 11.6 Å². The summed E-state index contributed by atoms with van der Waals surface area (Å²) in [5.74, 6) is -0.523. The van der Waals surface area contributed by atoms with Gasteiger partial charge in [0.2, 0.25) is 5.91 Å². The van der Waals surface area contributed by atoms with Crippen LogP contribution in [0.4, 0.5) is 14.5 Å². The van der Waals surface area contributed by atoms with Crippen LogP contribution in [0, 0.1) is 25.2 Å². The summed E-state index contributed by atoms with van der Waals surface area (Å²) in [6.07, 6.45) is 0.404. The van der Waals surface area contributed by atoms with E-state index in [4.69, 9.17) is 16.9 Å². The molecule has 0 saturated heterocycles. The number of aromatic amines is 1. The number of aromatic nitrogens is 1. The van der Waals surface area contributed by atoms with Crippen LogP contribution in [0.2, 0.25) is 5.02 Å². The van der Waals surface area contributed by atoms with Gasteiger partial charge in [-0.25, -0.2) is 0 Å². The topological polar surface area (TPSA) is 95.0 Å². The van der Waals surface area contributed by atoms with Gasteiger partial charge < -0.3 is 15.0 Å². The number of carbonyl (C=O) groups excluding carboxylic acids is 1. The summed E-state index contributed by atoms with van der Waals surface area (Å²) in [6, 6.07) is 5.80. The van der Waals surface area contributed by atoms with Gasteiger partial charge in [0.15, 0.2) is 0 Å². The Morgan fingerprint density at radius 3 is 2.70 bits per heavy atom. The number of hydrogen-bond acceptors (Lipinski definition) is 4. The summed E-state index contributed by atoms with van der Waals surface area (Å²) in [4.78, 5) is 26.5. The van der Waals surface area contributed by atoms with E-state index in [9.17, 15) is 18.4 Å². The first kappa shape index (κ1) is 20.4. The van der Waals surface area contributed by atoms with Crippen molar-refractivity contribution in [3.05, 3.63) is 56.0 Å². The summed E-state index contributed by atoms with van der Waals surface area (Å²) >= 11 is 5.85. The van der Waals surface area contributed by atoms with Crippen LogP contribution < -0.4 is 15.6 Å². The number of anilines is 1. The average molecular weight is 396 g/mol. The van der Waals surface area contributed by atoms with E-state index in [-0.39, 0.29) is 28.7 Å². The summed E-state index contributed by atoms with van der Waals surface area (Å²) in [5.41, 5.74) is 1.77. The number of nitriles is 1. The van der Waals surface area contributed by atoms with E-state index in [0.717, 1.165) is 5.56 Å². The Balaban J connectivity index is 2.07. The Morgan fingerprint density at radius 1 is 1.41 bits per heavy atom. The molecule has 0 radical (unpaired) electrons. The van der Waals surface area contributed by atoms with Crippen molar-refractivity contribution in [2.24, 2.45) is 0 Å². The van der Waals surface area contributed by atoms with Crippen molar-refractivity contribution >= 4 is 23.2 Å². The first-order chi connectivity index (χ1) is 12.7. The lowest BCUT2D eigenvalue weighted by molar-refractivity contribution is -0.116. The normalized spacial score (nSPS) is 10.6. The van der Waals surface area contributed by atoms with Crippen molar-refractivity contribution in [2.75, 3.05) is 5.32 Å². The van der Waals surface area contributed by atoms with E-state index in [1.54, 1.807) is 13.8 Å². The van der Waals surface area contributed by atoms with E-state index in [1.807, 2.05) is 6.07 Å². The zero-order valence-electron chi connectivity index (χ0n) is 14.5. The summed E-state index contributed by atoms with van der Waals surface area (Å²) in [7, 11) is 0. The fraction of sp³-hybridized carbons (Fsp3) is 0.278. The molecule has 2 N–H and O–H groups in total. The fourth-order valence-corrected chi connectivity index (χ4v) is 2.88. The number of alkyl halides is 2. The number of carbonyl (C=O) groups is 1. The van der Waals surface area contributed by atoms with Crippen molar-refractivity contribution in [1.82, 2.24) is 4.98 Å². The van der Waals surface area contributed by atoms with E-state index in [2.05, 4.69) is 15.0 Å². The van der Waals surface area contributed by atoms with Gasteiger partial charge in [0.1, 0.15) is 17.4 Å². The van der Waals surface area contributed by atoms with Gasteiger partial charge in [-0.2, -0.15) is 14.0 Å². The number of nitrogens with one attached hydrogen (secondary N) is 2. The number of pyridine rings is 1. The number of halogens is 3. The Hall–Kier alpha value is -2.92. The van der Waals surface area contributed by atoms with Gasteiger partial charge in [0.25, 0.3) is 5.56 Å². The van der Waals surface area contributed by atoms with Gasteiger partial charge in [0, 0.05) is 17.8 Å². The molecule has 0 saturated carbocycles. The van der Waals surface area contributed by atoms with Crippen LogP contribution in [0.25, 0.3) is 0 Å². The Kier molecular flexibility index (Phi) is 6.53. The SMILES string of the molecule is Cc1[nH]c(=O)c(C#N)c(C)c1CCC(=O)Nc1ccc(OC(F)F)c(Cl)c1. The highest BCUT2D eigenvalue weighted by atomic mass is 35.5. The van der Waals surface area contributed by atoms with Crippen molar-refractivity contribution in [2.45, 2.75) is 33.3 Å². The zero-order valence-corrected chi connectivity index (χ0v) is 15.3. The molecule has 0 aliphatic rings. The molecule has 1 aromatic heterocycles. The van der Waals surface area contributed by atoms with E-state index >= 15 is 0 Å². The Labute approximate surface area is 158 Å². The molecular weight excluding hydrogens is 380 g/mol. The maximum Gasteiger partial charge on any atom is 0.387 e. The minimum atomic E-state index is -3.00. The van der Waals surface area contributed by atoms with Crippen molar-refractivity contribution in [3.63, 3.8) is 0 Å². The minimum absolute atomic E-state index is 0.0254. The second kappa shape index (κ2) is 8.64. The highest BCUT2D eigenvalue weighted by Crippen LogP contribution is 2.29. The van der Waals surface area contributed by atoms with E-state index < -0.39 is 12.2 Å². The number of ether oxygens (including phenoxy) is 1. The first-order valence-electron chi connectivity index (χ1n) is 7.89. The van der Waals surface area contributed by atoms with Crippen LogP contribution in [0.15, 0.2) is 23.0 Å². The maximum absolute atomic E-state index is 12.2. The fourth-order valence-electron chi connectivity index (χ4n) is 2.65. The van der Waals surface area contributed by atoms with Crippen molar-refractivity contribution < 1.29 is 18.3 Å². The third kappa shape index (κ3) is 5.05. The van der Waals surface area contributed by atoms with Crippen molar-refractivity contribution in [1.29, 1.82) is 5.26 Å². The van der Waals surface area contributed by atoms with Crippen LogP contribution in [0.1, 0.15) is 28.8 Å². The molecule has 142 valence electrons. The van der Waals surface area contributed by atoms with E-state index in [0.29, 0.717) is 23.4 Å². The maximum atomic E-state index is 12.2. The molecule has 0 aliphatic carbocycles. The van der Waals surface area contributed by atoms with Gasteiger partial charge in [-0.3, -0.25) is 9.59 Å². The first-order valence-corrected chi connectivity index (χ1v) is 8.27. The molecule has 0 bridgehead atoms. The summed E-state index contributed by atoms with van der Waals surface area (Å²) < 4.78 is 28.7. The van der Waals surface area contributed by atoms with Gasteiger partial charge in [-0.05, 0) is 49.6 Å². The van der Waals surface area contributed by atoms with Crippen LogP contribution in [0.5, 0.6) is 5.75 Å². The van der Waals surface area contributed by atoms with Gasteiger partial charge >= 0.3 is 6.61 Å². The number of rotatable bonds is 6. The molecular formula is C18H16ClF2N3O3. The number of amides is 1. The van der Waals surface area contributed by atoms with Crippen molar-refractivity contribution in [3.8, 4) is 11.8 Å². The highest BCUT2D eigenvalue weighted by Gasteiger charge is 2.14. The number of H-pyrrole nitrogens is 1. The third-order valence-corrected chi connectivity index (χ3v) is 4.25. The molecule has 9 heteroatoms.